The summed E-state index contributed by atoms with van der Waals surface area (Å²) >= 11 is 5.92. The van der Waals surface area contributed by atoms with Crippen LogP contribution in [0.4, 0.5) is 33.3 Å². The van der Waals surface area contributed by atoms with Crippen molar-refractivity contribution in [3.05, 3.63) is 123 Å². The normalized spacial score (nSPS) is 12.9. The Balaban J connectivity index is 1.57. The van der Waals surface area contributed by atoms with Crippen molar-refractivity contribution < 1.29 is 48.4 Å². The molecule has 0 amide bonds. The van der Waals surface area contributed by atoms with E-state index in [1.165, 1.54) is 43.3 Å². The van der Waals surface area contributed by atoms with E-state index in [0.717, 1.165) is 25.2 Å². The van der Waals surface area contributed by atoms with E-state index < -0.39 is 70.7 Å². The molecule has 0 spiro atoms. The summed E-state index contributed by atoms with van der Waals surface area (Å²) in [6.45, 7) is 0.956. The van der Waals surface area contributed by atoms with Crippen LogP contribution in [0.5, 0.6) is 5.75 Å². The first-order valence-corrected chi connectivity index (χ1v) is 17.4. The molecule has 1 unspecified atom stereocenters. The van der Waals surface area contributed by atoms with E-state index >= 15 is 4.39 Å². The molecule has 1 atom stereocenters. The predicted octanol–water partition coefficient (Wildman–Crippen LogP) is 7.59. The minimum atomic E-state index is -4.94. The third-order valence-corrected chi connectivity index (χ3v) is 11.3. The van der Waals surface area contributed by atoms with E-state index in [4.69, 9.17) is 16.3 Å². The molecule has 4 rings (SSSR count). The number of hydrogen-bond acceptors (Lipinski definition) is 7. The van der Waals surface area contributed by atoms with Gasteiger partial charge in [-0.3, -0.25) is 14.4 Å². The molecule has 0 radical (unpaired) electrons. The number of rotatable bonds is 13. The second kappa shape index (κ2) is 14.7. The van der Waals surface area contributed by atoms with E-state index in [1.54, 1.807) is 12.1 Å². The first-order chi connectivity index (χ1) is 22.9. The lowest BCUT2D eigenvalue weighted by Gasteiger charge is -2.32. The maximum atomic E-state index is 15.1. The van der Waals surface area contributed by atoms with Crippen LogP contribution in [0.3, 0.4) is 0 Å². The molecule has 49 heavy (non-hydrogen) atoms. The zero-order valence-corrected chi connectivity index (χ0v) is 28.0. The number of ether oxygens (including phenoxy) is 1. The van der Waals surface area contributed by atoms with Crippen molar-refractivity contribution in [3.8, 4) is 5.75 Å². The van der Waals surface area contributed by atoms with Gasteiger partial charge in [0.1, 0.15) is 17.4 Å². The molecule has 4 aromatic rings. The van der Waals surface area contributed by atoms with Crippen molar-refractivity contribution in [2.45, 2.75) is 35.4 Å². The molecule has 4 aromatic carbocycles. The summed E-state index contributed by atoms with van der Waals surface area (Å²) in [4.78, 5) is 9.04. The van der Waals surface area contributed by atoms with Gasteiger partial charge in [0.05, 0.1) is 33.7 Å². The van der Waals surface area contributed by atoms with Crippen LogP contribution in [-0.4, -0.2) is 46.3 Å². The SMILES string of the molecule is CC(c1ccccc1OCCCN(C)S(=O)(=O)c1ccc(C(F)(F)F)cc1[N+](=O)[O-])N(c1cc(F)ccc1F)S(=O)(=O)c1ccc(Cl)cc1. The molecule has 18 heteroatoms. The highest BCUT2D eigenvalue weighted by atomic mass is 35.5. The van der Waals surface area contributed by atoms with Crippen LogP contribution >= 0.6 is 11.6 Å². The van der Waals surface area contributed by atoms with E-state index in [0.29, 0.717) is 20.7 Å². The fourth-order valence-electron chi connectivity index (χ4n) is 4.82. The molecule has 0 saturated heterocycles. The highest BCUT2D eigenvalue weighted by Crippen LogP contribution is 2.39. The number of hydrogen-bond donors (Lipinski definition) is 0. The van der Waals surface area contributed by atoms with Crippen LogP contribution < -0.4 is 9.04 Å². The Hall–Kier alpha value is -4.32. The number of nitrogens with zero attached hydrogens (tertiary/aromatic N) is 3. The van der Waals surface area contributed by atoms with E-state index in [-0.39, 0.29) is 46.9 Å². The number of nitro benzene ring substituents is 1. The molecule has 0 aliphatic rings. The van der Waals surface area contributed by atoms with Crippen LogP contribution in [0.15, 0.2) is 94.7 Å². The topological polar surface area (TPSA) is 127 Å². The van der Waals surface area contributed by atoms with Crippen molar-refractivity contribution in [1.82, 2.24) is 4.31 Å². The van der Waals surface area contributed by atoms with Crippen molar-refractivity contribution in [2.75, 3.05) is 24.5 Å². The quantitative estimate of drug-likeness (QED) is 0.0597. The Morgan fingerprint density at radius 2 is 1.57 bits per heavy atom. The third-order valence-electron chi connectivity index (χ3n) is 7.28. The predicted molar refractivity (Wildman–Crippen MR) is 170 cm³/mol. The number of alkyl halides is 3. The number of nitro groups is 1. The van der Waals surface area contributed by atoms with Gasteiger partial charge in [-0.1, -0.05) is 29.8 Å². The highest BCUT2D eigenvalue weighted by molar-refractivity contribution is 7.92. The lowest BCUT2D eigenvalue weighted by atomic mass is 10.1. The van der Waals surface area contributed by atoms with Crippen molar-refractivity contribution in [1.29, 1.82) is 0 Å². The van der Waals surface area contributed by atoms with Crippen LogP contribution in [-0.2, 0) is 26.2 Å². The fourth-order valence-corrected chi connectivity index (χ4v) is 7.92. The lowest BCUT2D eigenvalue weighted by Crippen LogP contribution is -2.34. The standard InChI is InChI=1S/C31H27ClF5N3O7S2/c1-20(39(27-19-23(33)11-14-26(27)34)48(43,44)24-12-9-22(32)10-13-24)25-6-3-4-7-29(25)47-17-5-16-38(2)49(45,46)30-15-8-21(31(35,36)37)18-28(30)40(41)42/h3-4,6-15,18-20H,5,16-17H2,1-2H3. The van der Waals surface area contributed by atoms with Crippen molar-refractivity contribution >= 4 is 43.0 Å². The summed E-state index contributed by atoms with van der Waals surface area (Å²) in [6, 6.07) is 13.4. The summed E-state index contributed by atoms with van der Waals surface area (Å²) in [5.74, 6) is -1.81. The van der Waals surface area contributed by atoms with Gasteiger partial charge in [-0.25, -0.2) is 29.9 Å². The van der Waals surface area contributed by atoms with Crippen LogP contribution in [0.1, 0.15) is 30.5 Å². The molecule has 0 aliphatic heterocycles. The second-order valence-electron chi connectivity index (χ2n) is 10.5. The van der Waals surface area contributed by atoms with Gasteiger partial charge in [-0.05, 0) is 67.9 Å². The number of para-hydroxylation sites is 1. The molecule has 0 fully saturated rings. The van der Waals surface area contributed by atoms with Crippen LogP contribution in [0.2, 0.25) is 5.02 Å². The van der Waals surface area contributed by atoms with Crippen molar-refractivity contribution in [3.63, 3.8) is 0 Å². The van der Waals surface area contributed by atoms with Crippen LogP contribution in [0.25, 0.3) is 0 Å². The Kier molecular flexibility index (Phi) is 11.2. The molecule has 0 bridgehead atoms. The second-order valence-corrected chi connectivity index (χ2v) is 14.8. The summed E-state index contributed by atoms with van der Waals surface area (Å²) in [5, 5.41) is 11.7. The molecule has 0 aromatic heterocycles. The Morgan fingerprint density at radius 3 is 2.20 bits per heavy atom. The zero-order chi connectivity index (χ0) is 36.3. The summed E-state index contributed by atoms with van der Waals surface area (Å²) in [6.07, 6.45) is -4.97. The first-order valence-electron chi connectivity index (χ1n) is 14.1. The number of benzene rings is 4. The minimum Gasteiger partial charge on any atom is -0.493 e. The van der Waals surface area contributed by atoms with E-state index in [2.05, 4.69) is 0 Å². The Bertz CT molecular complexity index is 2070. The lowest BCUT2D eigenvalue weighted by molar-refractivity contribution is -0.388. The van der Waals surface area contributed by atoms with Gasteiger partial charge in [0.2, 0.25) is 10.0 Å². The van der Waals surface area contributed by atoms with Gasteiger partial charge < -0.3 is 4.74 Å². The molecule has 0 heterocycles. The van der Waals surface area contributed by atoms with Gasteiger partial charge in [0.25, 0.3) is 15.7 Å². The van der Waals surface area contributed by atoms with Gasteiger partial charge >= 0.3 is 6.18 Å². The summed E-state index contributed by atoms with van der Waals surface area (Å²) in [7, 11) is -8.08. The Morgan fingerprint density at radius 1 is 0.918 bits per heavy atom. The maximum absolute atomic E-state index is 15.1. The zero-order valence-electron chi connectivity index (χ0n) is 25.6. The van der Waals surface area contributed by atoms with Crippen LogP contribution in [0, 0.1) is 21.7 Å². The molecule has 0 saturated carbocycles. The number of anilines is 1. The molecule has 0 N–H and O–H groups in total. The van der Waals surface area contributed by atoms with Gasteiger partial charge in [-0.2, -0.15) is 13.2 Å². The van der Waals surface area contributed by atoms with E-state index in [1.807, 2.05) is 0 Å². The van der Waals surface area contributed by atoms with Gasteiger partial charge in [0, 0.05) is 36.3 Å². The molecule has 0 aliphatic carbocycles. The average molecular weight is 748 g/mol. The number of halogens is 6. The minimum absolute atomic E-state index is 0.0296. The van der Waals surface area contributed by atoms with Gasteiger partial charge in [-0.15, -0.1) is 0 Å². The summed E-state index contributed by atoms with van der Waals surface area (Å²) < 4.78 is 130. The summed E-state index contributed by atoms with van der Waals surface area (Å²) in [5.41, 5.74) is -2.98. The van der Waals surface area contributed by atoms with E-state index in [9.17, 15) is 44.5 Å². The van der Waals surface area contributed by atoms with Crippen molar-refractivity contribution in [2.24, 2.45) is 0 Å². The smallest absolute Gasteiger partial charge is 0.416 e. The monoisotopic (exact) mass is 747 g/mol. The highest BCUT2D eigenvalue weighted by Gasteiger charge is 2.37. The number of sulfonamides is 2. The van der Waals surface area contributed by atoms with Gasteiger partial charge in [0.15, 0.2) is 4.90 Å². The third kappa shape index (κ3) is 8.29. The fraction of sp³-hybridized carbons (Fsp3) is 0.226. The first kappa shape index (κ1) is 37.5. The Labute approximate surface area is 283 Å². The maximum Gasteiger partial charge on any atom is 0.416 e. The largest absolute Gasteiger partial charge is 0.493 e. The average Bonchev–Trinajstić information content (AvgIpc) is 3.04. The molecule has 10 nitrogen and oxygen atoms in total. The molecular formula is C31H27ClF5N3O7S2. The molecule has 262 valence electrons. The molecular weight excluding hydrogens is 721 g/mol.